The van der Waals surface area contributed by atoms with E-state index in [-0.39, 0.29) is 45.4 Å². The average Bonchev–Trinajstić information content (AvgIpc) is 4.20. The predicted octanol–water partition coefficient (Wildman–Crippen LogP) is 11.7. The van der Waals surface area contributed by atoms with E-state index in [0.717, 1.165) is 74.4 Å². The fraction of sp³-hybridized carbons (Fsp3) is 0.458. The standard InChI is InChI=1S/2C24H29N10.Fe/c1-7-9-12-16(8-2)21-29-31-23-19(20(24(3,4)5)32-34(21)23)28-30-22-17(25-6)15-27-33(22)18-13-10-11-14-26-18;1-6-8-11-16(7-2)21-30-31-23-19(20(24(3,4)5)32-34(21)23)28-29-22-17(14-25)15-27-33(22)18-12-9-10-13-26-18;/h10-11,13-16H,7-9,12H2,1-5H3;9-10,12-13,15-16H,6-8,11H2,1-5H3;/q2*-1;+2. The van der Waals surface area contributed by atoms with Crippen molar-refractivity contribution in [1.29, 1.82) is 5.26 Å². The van der Waals surface area contributed by atoms with E-state index >= 15 is 0 Å². The largest absolute Gasteiger partial charge is 2.00 e. The minimum atomic E-state index is -0.295. The van der Waals surface area contributed by atoms with Gasteiger partial charge in [0.2, 0.25) is 0 Å². The number of aromatic nitrogens is 14. The smallest absolute Gasteiger partial charge is 0.350 e. The number of rotatable bonds is 16. The van der Waals surface area contributed by atoms with Crippen molar-refractivity contribution in [2.75, 3.05) is 0 Å². The molecule has 0 bridgehead atoms. The van der Waals surface area contributed by atoms with Crippen LogP contribution >= 0.6 is 0 Å². The molecule has 358 valence electrons. The van der Waals surface area contributed by atoms with E-state index in [1.54, 1.807) is 24.5 Å². The summed E-state index contributed by atoms with van der Waals surface area (Å²) in [5.74, 6) is 3.98. The zero-order valence-corrected chi connectivity index (χ0v) is 42.0. The molecule has 0 radical (unpaired) electrons. The molecule has 0 saturated heterocycles. The van der Waals surface area contributed by atoms with Crippen molar-refractivity contribution < 1.29 is 17.1 Å². The first-order chi connectivity index (χ1) is 32.8. The van der Waals surface area contributed by atoms with E-state index in [4.69, 9.17) is 16.8 Å². The van der Waals surface area contributed by atoms with E-state index in [1.807, 2.05) is 33.3 Å². The second kappa shape index (κ2) is 22.3. The molecule has 8 aromatic rings. The van der Waals surface area contributed by atoms with Crippen molar-refractivity contribution in [2.45, 2.75) is 143 Å². The van der Waals surface area contributed by atoms with Gasteiger partial charge in [0.05, 0.1) is 30.4 Å². The molecule has 21 heteroatoms. The number of nitrogens with zero attached hydrogens (tertiary/aromatic N) is 20. The Morgan fingerprint density at radius 2 is 1.14 bits per heavy atom. The SMILES string of the molecule is CCCCC(CC)c1n[n-]c2c(N=Nc3c(C#N)cnn3-c3ccccn3)c(C(C)(C)C)nn12.[C-]#[N+]c1cnn(-c2ccccn2)c1N=Nc1c(C(C)(C)C)nn2c(C(CC)CCCC)n[n-]c12.[Fe+2]. The van der Waals surface area contributed by atoms with Crippen LogP contribution in [0.2, 0.25) is 0 Å². The third-order valence-electron chi connectivity index (χ3n) is 11.5. The van der Waals surface area contributed by atoms with Gasteiger partial charge in [-0.2, -0.15) is 20.1 Å². The van der Waals surface area contributed by atoms with Gasteiger partial charge in [0.25, 0.3) is 5.69 Å². The molecule has 8 rings (SSSR count). The Morgan fingerprint density at radius 1 is 0.681 bits per heavy atom. The zero-order valence-electron chi connectivity index (χ0n) is 40.9. The molecule has 0 aliphatic carbocycles. The first-order valence-electron chi connectivity index (χ1n) is 23.2. The van der Waals surface area contributed by atoms with Crippen LogP contribution in [0.25, 0.3) is 27.8 Å². The van der Waals surface area contributed by atoms with Crippen molar-refractivity contribution in [3.63, 3.8) is 0 Å². The second-order valence-corrected chi connectivity index (χ2v) is 18.5. The van der Waals surface area contributed by atoms with Gasteiger partial charge in [-0.1, -0.05) is 107 Å². The summed E-state index contributed by atoms with van der Waals surface area (Å²) < 4.78 is 6.65. The molecule has 0 N–H and O–H groups in total. The summed E-state index contributed by atoms with van der Waals surface area (Å²) in [4.78, 5) is 12.2. The van der Waals surface area contributed by atoms with Gasteiger partial charge >= 0.3 is 17.1 Å². The monoisotopic (exact) mass is 970 g/mol. The van der Waals surface area contributed by atoms with Crippen LogP contribution in [0, 0.1) is 17.9 Å². The maximum atomic E-state index is 9.59. The van der Waals surface area contributed by atoms with E-state index in [1.165, 1.54) is 21.8 Å². The molecule has 0 aromatic carbocycles. The third-order valence-corrected chi connectivity index (χ3v) is 11.5. The summed E-state index contributed by atoms with van der Waals surface area (Å²) in [5.41, 5.74) is 3.81. The van der Waals surface area contributed by atoms with Crippen LogP contribution in [0.15, 0.2) is 81.6 Å². The number of hydrogen-bond acceptors (Lipinski definition) is 13. The third kappa shape index (κ3) is 10.9. The van der Waals surface area contributed by atoms with Crippen LogP contribution in [-0.2, 0) is 27.9 Å². The number of fused-ring (bicyclic) bond motifs is 2. The molecular formula is C48H58FeN20. The zero-order chi connectivity index (χ0) is 48.6. The van der Waals surface area contributed by atoms with E-state index < -0.39 is 0 Å². The van der Waals surface area contributed by atoms with Gasteiger partial charge in [0.1, 0.15) is 23.0 Å². The first kappa shape index (κ1) is 51.2. The molecule has 8 heterocycles. The Kier molecular flexibility index (Phi) is 16.5. The quantitative estimate of drug-likeness (QED) is 0.0502. The Hall–Kier alpha value is -7.22. The molecule has 8 aromatic heterocycles. The second-order valence-electron chi connectivity index (χ2n) is 18.5. The molecule has 2 atom stereocenters. The summed E-state index contributed by atoms with van der Waals surface area (Å²) in [6.07, 6.45) is 14.8. The van der Waals surface area contributed by atoms with Crippen LogP contribution in [0.5, 0.6) is 0 Å². The normalized spacial score (nSPS) is 12.9. The van der Waals surface area contributed by atoms with Crippen molar-refractivity contribution in [2.24, 2.45) is 20.5 Å². The minimum absolute atomic E-state index is 0. The maximum absolute atomic E-state index is 9.59. The molecule has 0 aliphatic rings. The van der Waals surface area contributed by atoms with Crippen molar-refractivity contribution >= 4 is 40.0 Å². The predicted molar refractivity (Wildman–Crippen MR) is 257 cm³/mol. The van der Waals surface area contributed by atoms with Gasteiger partial charge in [0, 0.05) is 46.2 Å². The van der Waals surface area contributed by atoms with Gasteiger partial charge in [-0.05, 0) is 61.8 Å². The van der Waals surface area contributed by atoms with Crippen LogP contribution in [-0.4, -0.2) is 59.0 Å². The molecule has 69 heavy (non-hydrogen) atoms. The Labute approximate surface area is 412 Å². The topological polar surface area (TPSA) is 228 Å². The number of hydrogen-bond donors (Lipinski definition) is 0. The van der Waals surface area contributed by atoms with Gasteiger partial charge in [-0.15, -0.1) is 20.5 Å². The fourth-order valence-electron chi connectivity index (χ4n) is 7.73. The number of pyridine rings is 2. The molecule has 0 saturated carbocycles. The summed E-state index contributed by atoms with van der Waals surface area (Å²) in [5, 5.41) is 63.8. The first-order valence-corrected chi connectivity index (χ1v) is 23.2. The van der Waals surface area contributed by atoms with Crippen molar-refractivity contribution in [3.05, 3.63) is 101 Å². The molecule has 0 fully saturated rings. The average molecular weight is 971 g/mol. The molecule has 0 spiro atoms. The maximum Gasteiger partial charge on any atom is 2.00 e. The summed E-state index contributed by atoms with van der Waals surface area (Å²) >= 11 is 0. The Balaban J connectivity index is 0.000000224. The Bertz CT molecular complexity index is 2870. The fourth-order valence-corrected chi connectivity index (χ4v) is 7.73. The Morgan fingerprint density at radius 3 is 1.55 bits per heavy atom. The van der Waals surface area contributed by atoms with Crippen LogP contribution in [0.3, 0.4) is 0 Å². The minimum Gasteiger partial charge on any atom is -0.350 e. The number of azo groups is 2. The van der Waals surface area contributed by atoms with Crippen LogP contribution in [0.4, 0.5) is 28.7 Å². The molecule has 2 unspecified atom stereocenters. The van der Waals surface area contributed by atoms with E-state index in [9.17, 15) is 5.26 Å². The van der Waals surface area contributed by atoms with Crippen LogP contribution in [0.1, 0.15) is 161 Å². The van der Waals surface area contributed by atoms with Gasteiger partial charge in [-0.3, -0.25) is 20.4 Å². The van der Waals surface area contributed by atoms with Crippen LogP contribution < -0.4 is 10.2 Å². The summed E-state index contributed by atoms with van der Waals surface area (Å²) in [6, 6.07) is 13.1. The van der Waals surface area contributed by atoms with Gasteiger partial charge in [0.15, 0.2) is 23.3 Å². The van der Waals surface area contributed by atoms with Crippen molar-refractivity contribution in [3.8, 4) is 17.7 Å². The van der Waals surface area contributed by atoms with Crippen molar-refractivity contribution in [1.82, 2.24) is 69.2 Å². The van der Waals surface area contributed by atoms with E-state index in [0.29, 0.717) is 51.5 Å². The summed E-state index contributed by atoms with van der Waals surface area (Å²) in [6.45, 7) is 28.7. The summed E-state index contributed by atoms with van der Waals surface area (Å²) in [7, 11) is 0. The number of unbranched alkanes of at least 4 members (excludes halogenated alkanes) is 2. The van der Waals surface area contributed by atoms with Gasteiger partial charge < -0.3 is 19.2 Å². The molecular weight excluding hydrogens is 913 g/mol. The molecule has 20 nitrogen and oxygen atoms in total. The molecule has 0 aliphatic heterocycles. The molecule has 0 amide bonds. The van der Waals surface area contributed by atoms with E-state index in [2.05, 4.69) is 141 Å². The van der Waals surface area contributed by atoms with Gasteiger partial charge in [-0.25, -0.2) is 19.5 Å². The number of nitriles is 1.